The second-order valence-corrected chi connectivity index (χ2v) is 17.5. The fraction of sp³-hybridized carbons (Fsp3) is 0.704. The molecule has 0 aliphatic carbocycles. The maximum absolute atomic E-state index is 11.4. The summed E-state index contributed by atoms with van der Waals surface area (Å²) < 4.78 is 23.6. The summed E-state index contributed by atoms with van der Waals surface area (Å²) in [7, 11) is 0. The molecule has 0 aliphatic heterocycles. The van der Waals surface area contributed by atoms with Gasteiger partial charge in [-0.1, -0.05) is 152 Å². The van der Waals surface area contributed by atoms with Gasteiger partial charge in [-0.05, 0) is 114 Å². The van der Waals surface area contributed by atoms with Gasteiger partial charge >= 0.3 is 60.8 Å². The molecule has 0 radical (unpaired) electrons. The SMILES string of the molecule is CCCCCC(CCCC(CCCCCCCC(=O)[O-])OCc1ccccc1)OC(C)=O.CCCCCC(CCCC(CCCCCCCC(=O)[O-])OCc1ccccc1)OC(C)=O.[Ba+2]. The van der Waals surface area contributed by atoms with Gasteiger partial charge in [-0.15, -0.1) is 0 Å². The van der Waals surface area contributed by atoms with Crippen LogP contribution in [-0.4, -0.2) is 97.2 Å². The van der Waals surface area contributed by atoms with Crippen LogP contribution in [0.2, 0.25) is 0 Å². The first kappa shape index (κ1) is 62.8. The first-order chi connectivity index (χ1) is 31.0. The molecule has 4 atom stereocenters. The third-order valence-corrected chi connectivity index (χ3v) is 11.5. The van der Waals surface area contributed by atoms with Crippen LogP contribution in [0.5, 0.6) is 0 Å². The molecule has 10 nitrogen and oxygen atoms in total. The summed E-state index contributed by atoms with van der Waals surface area (Å²) in [6.07, 6.45) is 26.8. The standard InChI is InChI=1S/2C27H44O5.Ba/c2*1-3-4-9-18-26(32-23(2)28)20-14-19-25(31-22-24-15-10-8-11-16-24)17-12-6-5-7-13-21-27(29)30;/h2*8,10-11,15-16,25-26H,3-7,9,12-14,17-22H2,1-2H3,(H,29,30);/q;;+2/p-2. The molecular weight excluding hydrogens is 946 g/mol. The summed E-state index contributed by atoms with van der Waals surface area (Å²) >= 11 is 0. The number of ether oxygens (including phenoxy) is 4. The number of aliphatic carboxylic acids is 2. The third-order valence-electron chi connectivity index (χ3n) is 11.5. The summed E-state index contributed by atoms with van der Waals surface area (Å²) in [6.45, 7) is 8.57. The molecule has 0 amide bonds. The molecule has 0 aliphatic rings. The molecule has 65 heavy (non-hydrogen) atoms. The Balaban J connectivity index is 0.00000124. The normalized spacial score (nSPS) is 12.7. The van der Waals surface area contributed by atoms with Gasteiger partial charge in [-0.2, -0.15) is 0 Å². The molecule has 0 bridgehead atoms. The number of carboxylic acid groups (broad SMARTS) is 2. The minimum atomic E-state index is -0.957. The minimum Gasteiger partial charge on any atom is -0.550 e. The summed E-state index contributed by atoms with van der Waals surface area (Å²) in [5.41, 5.74) is 2.36. The van der Waals surface area contributed by atoms with E-state index in [0.717, 1.165) is 141 Å². The van der Waals surface area contributed by atoms with Crippen molar-refractivity contribution >= 4 is 72.8 Å². The van der Waals surface area contributed by atoms with Crippen LogP contribution >= 0.6 is 0 Å². The van der Waals surface area contributed by atoms with E-state index in [9.17, 15) is 29.4 Å². The third kappa shape index (κ3) is 40.6. The van der Waals surface area contributed by atoms with E-state index in [2.05, 4.69) is 38.1 Å². The number of carbonyl (C=O) groups is 4. The largest absolute Gasteiger partial charge is 2.00 e. The van der Waals surface area contributed by atoms with Crippen LogP contribution in [0, 0.1) is 0 Å². The Morgan fingerprint density at radius 2 is 0.708 bits per heavy atom. The zero-order chi connectivity index (χ0) is 46.9. The van der Waals surface area contributed by atoms with Crippen LogP contribution < -0.4 is 10.2 Å². The molecular formula is C54H86BaO10. The van der Waals surface area contributed by atoms with Gasteiger partial charge in [0.25, 0.3) is 0 Å². The van der Waals surface area contributed by atoms with Crippen molar-refractivity contribution in [2.75, 3.05) is 0 Å². The molecule has 2 aromatic carbocycles. The second-order valence-electron chi connectivity index (χ2n) is 17.5. The Bertz CT molecular complexity index is 1320. The van der Waals surface area contributed by atoms with E-state index in [1.165, 1.54) is 37.8 Å². The van der Waals surface area contributed by atoms with E-state index in [0.29, 0.717) is 26.1 Å². The van der Waals surface area contributed by atoms with Crippen molar-refractivity contribution < 1.29 is 48.3 Å². The van der Waals surface area contributed by atoms with Gasteiger partial charge in [0.1, 0.15) is 12.2 Å². The molecule has 0 saturated carbocycles. The number of carboxylic acids is 2. The molecule has 0 spiro atoms. The van der Waals surface area contributed by atoms with Crippen molar-refractivity contribution in [3.8, 4) is 0 Å². The molecule has 0 heterocycles. The quantitative estimate of drug-likeness (QED) is 0.0358. The molecule has 364 valence electrons. The summed E-state index contributed by atoms with van der Waals surface area (Å²) in [5, 5.41) is 21.0. The maximum atomic E-state index is 11.4. The first-order valence-corrected chi connectivity index (χ1v) is 25.1. The van der Waals surface area contributed by atoms with Crippen LogP contribution in [0.4, 0.5) is 0 Å². The van der Waals surface area contributed by atoms with Crippen molar-refractivity contribution in [1.29, 1.82) is 0 Å². The van der Waals surface area contributed by atoms with Crippen molar-refractivity contribution in [1.82, 2.24) is 0 Å². The molecule has 0 saturated heterocycles. The van der Waals surface area contributed by atoms with Gasteiger partial charge in [-0.3, -0.25) is 9.59 Å². The zero-order valence-electron chi connectivity index (χ0n) is 41.1. The Morgan fingerprint density at radius 3 is 1.05 bits per heavy atom. The molecule has 4 unspecified atom stereocenters. The van der Waals surface area contributed by atoms with Crippen LogP contribution in [0.1, 0.15) is 219 Å². The van der Waals surface area contributed by atoms with E-state index in [-0.39, 0.29) is 98.1 Å². The number of hydrogen-bond acceptors (Lipinski definition) is 10. The number of rotatable bonds is 40. The van der Waals surface area contributed by atoms with Crippen LogP contribution in [-0.2, 0) is 51.3 Å². The van der Waals surface area contributed by atoms with Gasteiger partial charge in [0.05, 0.1) is 25.4 Å². The zero-order valence-corrected chi connectivity index (χ0v) is 45.5. The Hall–Kier alpha value is -2.19. The van der Waals surface area contributed by atoms with Crippen LogP contribution in [0.3, 0.4) is 0 Å². The van der Waals surface area contributed by atoms with E-state index in [1.54, 1.807) is 0 Å². The number of unbranched alkanes of at least 4 members (excludes halogenated alkanes) is 12. The molecule has 11 heteroatoms. The topological polar surface area (TPSA) is 151 Å². The predicted molar refractivity (Wildman–Crippen MR) is 258 cm³/mol. The van der Waals surface area contributed by atoms with Crippen molar-refractivity contribution in [3.63, 3.8) is 0 Å². The molecule has 2 rings (SSSR count). The number of carbonyl (C=O) groups excluding carboxylic acids is 4. The molecule has 0 fully saturated rings. The van der Waals surface area contributed by atoms with Gasteiger partial charge in [0, 0.05) is 25.8 Å². The van der Waals surface area contributed by atoms with Crippen molar-refractivity contribution in [3.05, 3.63) is 71.8 Å². The minimum absolute atomic E-state index is 0. The molecule has 0 aromatic heterocycles. The molecule has 2 aromatic rings. The van der Waals surface area contributed by atoms with Gasteiger partial charge < -0.3 is 38.7 Å². The monoisotopic (exact) mass is 1030 g/mol. The number of benzene rings is 2. The van der Waals surface area contributed by atoms with E-state index in [4.69, 9.17) is 18.9 Å². The Morgan fingerprint density at radius 1 is 0.415 bits per heavy atom. The summed E-state index contributed by atoms with van der Waals surface area (Å²) in [5.74, 6) is -2.30. The van der Waals surface area contributed by atoms with Gasteiger partial charge in [0.15, 0.2) is 0 Å². The Kier molecular flexibility index (Phi) is 42.8. The fourth-order valence-electron chi connectivity index (χ4n) is 7.93. The molecule has 0 N–H and O–H groups in total. The van der Waals surface area contributed by atoms with Crippen LogP contribution in [0.25, 0.3) is 0 Å². The van der Waals surface area contributed by atoms with E-state index < -0.39 is 11.9 Å². The van der Waals surface area contributed by atoms with Crippen molar-refractivity contribution in [2.45, 2.75) is 245 Å². The van der Waals surface area contributed by atoms with Crippen molar-refractivity contribution in [2.24, 2.45) is 0 Å². The van der Waals surface area contributed by atoms with E-state index >= 15 is 0 Å². The van der Waals surface area contributed by atoms with Crippen LogP contribution in [0.15, 0.2) is 60.7 Å². The Labute approximate surface area is 434 Å². The number of esters is 2. The van der Waals surface area contributed by atoms with E-state index in [1.807, 2.05) is 36.4 Å². The van der Waals surface area contributed by atoms with Gasteiger partial charge in [-0.25, -0.2) is 0 Å². The fourth-order valence-corrected chi connectivity index (χ4v) is 7.93. The average molecular weight is 1030 g/mol. The predicted octanol–water partition coefficient (Wildman–Crippen LogP) is 11.1. The first-order valence-electron chi connectivity index (χ1n) is 25.1. The maximum Gasteiger partial charge on any atom is 2.00 e. The van der Waals surface area contributed by atoms with Gasteiger partial charge in [0.2, 0.25) is 0 Å². The average Bonchev–Trinajstić information content (AvgIpc) is 3.26. The summed E-state index contributed by atoms with van der Waals surface area (Å²) in [4.78, 5) is 43.9. The second kappa shape index (κ2) is 44.3. The smallest absolute Gasteiger partial charge is 0.550 e. The number of hydrogen-bond donors (Lipinski definition) is 0. The summed E-state index contributed by atoms with van der Waals surface area (Å²) in [6, 6.07) is 20.5.